The van der Waals surface area contributed by atoms with E-state index in [0.717, 1.165) is 12.1 Å². The van der Waals surface area contributed by atoms with Crippen LogP contribution in [0.15, 0.2) is 18.2 Å². The Morgan fingerprint density at radius 2 is 2.11 bits per heavy atom. The third-order valence-corrected chi connectivity index (χ3v) is 4.04. The van der Waals surface area contributed by atoms with Crippen LogP contribution in [0.2, 0.25) is 0 Å². The Bertz CT molecular complexity index is 542. The molecule has 0 saturated heterocycles. The van der Waals surface area contributed by atoms with Gasteiger partial charge >= 0.3 is 0 Å². The fourth-order valence-electron chi connectivity index (χ4n) is 1.25. The van der Waals surface area contributed by atoms with E-state index in [2.05, 4.69) is 5.32 Å². The van der Waals surface area contributed by atoms with E-state index < -0.39 is 21.6 Å². The van der Waals surface area contributed by atoms with Crippen LogP contribution in [0.25, 0.3) is 0 Å². The summed E-state index contributed by atoms with van der Waals surface area (Å²) >= 11 is 0. The van der Waals surface area contributed by atoms with Crippen LogP contribution in [0.1, 0.15) is 17.3 Å². The molecule has 2 N–H and O–H groups in total. The highest BCUT2D eigenvalue weighted by molar-refractivity contribution is 7.91. The number of rotatable bonds is 5. The van der Waals surface area contributed by atoms with Gasteiger partial charge in [0.1, 0.15) is 11.6 Å². The Morgan fingerprint density at radius 3 is 2.67 bits per heavy atom. The Kier molecular flexibility index (Phi) is 4.66. The molecular formula is C11H14FNO4S. The van der Waals surface area contributed by atoms with Crippen molar-refractivity contribution < 1.29 is 22.7 Å². The summed E-state index contributed by atoms with van der Waals surface area (Å²) in [7, 11) is -3.16. The second-order valence-corrected chi connectivity index (χ2v) is 6.13. The lowest BCUT2D eigenvalue weighted by Crippen LogP contribution is -2.30. The molecule has 0 radical (unpaired) electrons. The number of halogens is 1. The van der Waals surface area contributed by atoms with Crippen molar-refractivity contribution in [2.24, 2.45) is 0 Å². The number of carbonyl (C=O) groups excluding carboxylic acids is 1. The number of phenols is 1. The molecule has 0 atom stereocenters. The maximum atomic E-state index is 13.3. The van der Waals surface area contributed by atoms with Gasteiger partial charge in [0, 0.05) is 18.4 Å². The number of benzene rings is 1. The molecule has 7 heteroatoms. The molecular weight excluding hydrogens is 261 g/mol. The molecule has 1 rings (SSSR count). The fraction of sp³-hybridized carbons (Fsp3) is 0.364. The number of hydrogen-bond donors (Lipinski definition) is 2. The smallest absolute Gasteiger partial charge is 0.254 e. The van der Waals surface area contributed by atoms with Crippen LogP contribution in [-0.2, 0) is 9.84 Å². The van der Waals surface area contributed by atoms with Gasteiger partial charge in [0.25, 0.3) is 5.91 Å². The number of carbonyl (C=O) groups is 1. The van der Waals surface area contributed by atoms with E-state index in [9.17, 15) is 17.6 Å². The first-order valence-corrected chi connectivity index (χ1v) is 7.15. The minimum absolute atomic E-state index is 0.00353. The molecule has 0 aliphatic rings. The van der Waals surface area contributed by atoms with E-state index >= 15 is 0 Å². The van der Waals surface area contributed by atoms with E-state index in [4.69, 9.17) is 5.11 Å². The van der Waals surface area contributed by atoms with E-state index in [0.29, 0.717) is 0 Å². The molecule has 5 nitrogen and oxygen atoms in total. The van der Waals surface area contributed by atoms with Crippen molar-refractivity contribution in [1.82, 2.24) is 5.32 Å². The monoisotopic (exact) mass is 275 g/mol. The van der Waals surface area contributed by atoms with Gasteiger partial charge in [0.15, 0.2) is 9.84 Å². The van der Waals surface area contributed by atoms with Crippen LogP contribution in [0.4, 0.5) is 4.39 Å². The average Bonchev–Trinajstić information content (AvgIpc) is 2.28. The molecule has 0 saturated carbocycles. The van der Waals surface area contributed by atoms with Crippen LogP contribution < -0.4 is 5.32 Å². The lowest BCUT2D eigenvalue weighted by molar-refractivity contribution is 0.0952. The normalized spacial score (nSPS) is 11.2. The summed E-state index contributed by atoms with van der Waals surface area (Å²) in [6.07, 6.45) is 0. The number of amides is 1. The maximum absolute atomic E-state index is 13.3. The van der Waals surface area contributed by atoms with Crippen LogP contribution in [0.5, 0.6) is 5.75 Å². The molecule has 0 heterocycles. The molecule has 1 amide bonds. The highest BCUT2D eigenvalue weighted by atomic mass is 32.2. The SMILES string of the molecule is CCS(=O)(=O)CCNC(=O)c1ccc(O)cc1F. The van der Waals surface area contributed by atoms with Crippen molar-refractivity contribution in [2.45, 2.75) is 6.92 Å². The number of aromatic hydroxyl groups is 1. The summed E-state index contributed by atoms with van der Waals surface area (Å²) in [4.78, 5) is 11.5. The Morgan fingerprint density at radius 1 is 1.44 bits per heavy atom. The number of hydrogen-bond acceptors (Lipinski definition) is 4. The quantitative estimate of drug-likeness (QED) is 0.828. The van der Waals surface area contributed by atoms with Gasteiger partial charge in [-0.3, -0.25) is 4.79 Å². The minimum Gasteiger partial charge on any atom is -0.508 e. The van der Waals surface area contributed by atoms with Crippen LogP contribution in [0.3, 0.4) is 0 Å². The minimum atomic E-state index is -3.16. The summed E-state index contributed by atoms with van der Waals surface area (Å²) in [5, 5.41) is 11.3. The van der Waals surface area contributed by atoms with Crippen molar-refractivity contribution in [3.8, 4) is 5.75 Å². The third kappa shape index (κ3) is 3.99. The lowest BCUT2D eigenvalue weighted by atomic mass is 10.2. The Balaban J connectivity index is 2.61. The second kappa shape index (κ2) is 5.81. The summed E-state index contributed by atoms with van der Waals surface area (Å²) in [6.45, 7) is 1.44. The number of nitrogens with one attached hydrogen (secondary N) is 1. The highest BCUT2D eigenvalue weighted by Crippen LogP contribution is 2.14. The number of sulfone groups is 1. The van der Waals surface area contributed by atoms with Crippen LogP contribution in [0, 0.1) is 5.82 Å². The zero-order valence-electron chi connectivity index (χ0n) is 9.81. The average molecular weight is 275 g/mol. The van der Waals surface area contributed by atoms with E-state index in [1.54, 1.807) is 0 Å². The maximum Gasteiger partial charge on any atom is 0.254 e. The Hall–Kier alpha value is -1.63. The van der Waals surface area contributed by atoms with Crippen LogP contribution in [-0.4, -0.2) is 37.5 Å². The molecule has 1 aromatic rings. The molecule has 0 fully saturated rings. The molecule has 100 valence electrons. The topological polar surface area (TPSA) is 83.5 Å². The first kappa shape index (κ1) is 14.4. The summed E-state index contributed by atoms with van der Waals surface area (Å²) in [5.74, 6) is -2.03. The van der Waals surface area contributed by atoms with Crippen LogP contribution >= 0.6 is 0 Å². The van der Waals surface area contributed by atoms with Crippen molar-refractivity contribution in [1.29, 1.82) is 0 Å². The van der Waals surface area contributed by atoms with Gasteiger partial charge in [0.05, 0.1) is 11.3 Å². The molecule has 0 aromatic heterocycles. The van der Waals surface area contributed by atoms with Gasteiger partial charge in [0.2, 0.25) is 0 Å². The Labute approximate surface area is 105 Å². The standard InChI is InChI=1S/C11H14FNO4S/c1-2-18(16,17)6-5-13-11(15)9-4-3-8(14)7-10(9)12/h3-4,7,14H,2,5-6H2,1H3,(H,13,15). The summed E-state index contributed by atoms with van der Waals surface area (Å²) in [5.41, 5.74) is -0.235. The van der Waals surface area contributed by atoms with Gasteiger partial charge in [-0.25, -0.2) is 12.8 Å². The van der Waals surface area contributed by atoms with Gasteiger partial charge < -0.3 is 10.4 Å². The van der Waals surface area contributed by atoms with Crippen molar-refractivity contribution in [3.63, 3.8) is 0 Å². The molecule has 1 aromatic carbocycles. The fourth-order valence-corrected chi connectivity index (χ4v) is 1.95. The van der Waals surface area contributed by atoms with E-state index in [-0.39, 0.29) is 29.4 Å². The summed E-state index contributed by atoms with van der Waals surface area (Å²) < 4.78 is 35.6. The number of phenolic OH excluding ortho intramolecular Hbond substituents is 1. The first-order chi connectivity index (χ1) is 8.35. The van der Waals surface area contributed by atoms with Gasteiger partial charge in [-0.15, -0.1) is 0 Å². The van der Waals surface area contributed by atoms with Crippen molar-refractivity contribution in [2.75, 3.05) is 18.1 Å². The lowest BCUT2D eigenvalue weighted by Gasteiger charge is -2.06. The van der Waals surface area contributed by atoms with Crippen molar-refractivity contribution >= 4 is 15.7 Å². The van der Waals surface area contributed by atoms with Gasteiger partial charge in [-0.1, -0.05) is 6.92 Å². The predicted octanol–water partition coefficient (Wildman–Crippen LogP) is 0.696. The third-order valence-electron chi connectivity index (χ3n) is 2.34. The molecule has 0 bridgehead atoms. The van der Waals surface area contributed by atoms with E-state index in [1.165, 1.54) is 13.0 Å². The summed E-state index contributed by atoms with van der Waals surface area (Å²) in [6, 6.07) is 3.13. The zero-order chi connectivity index (χ0) is 13.8. The molecule has 18 heavy (non-hydrogen) atoms. The molecule has 0 unspecified atom stereocenters. The largest absolute Gasteiger partial charge is 0.508 e. The predicted molar refractivity (Wildman–Crippen MR) is 64.7 cm³/mol. The van der Waals surface area contributed by atoms with Gasteiger partial charge in [-0.05, 0) is 12.1 Å². The molecule has 0 aliphatic heterocycles. The molecule has 0 spiro atoms. The highest BCUT2D eigenvalue weighted by Gasteiger charge is 2.13. The molecule has 0 aliphatic carbocycles. The van der Waals surface area contributed by atoms with Crippen molar-refractivity contribution in [3.05, 3.63) is 29.6 Å². The first-order valence-electron chi connectivity index (χ1n) is 5.33. The van der Waals surface area contributed by atoms with Gasteiger partial charge in [-0.2, -0.15) is 0 Å². The van der Waals surface area contributed by atoms with E-state index in [1.807, 2.05) is 0 Å². The zero-order valence-corrected chi connectivity index (χ0v) is 10.6. The second-order valence-electron chi connectivity index (χ2n) is 3.66.